The fourth-order valence-corrected chi connectivity index (χ4v) is 5.99. The first-order chi connectivity index (χ1) is 25.2. The molecule has 53 heavy (non-hydrogen) atoms. The summed E-state index contributed by atoms with van der Waals surface area (Å²) < 4.78 is 10.3. The number of alkyl carbamates (subject to hydrolysis) is 1. The topological polar surface area (TPSA) is 257 Å². The minimum atomic E-state index is -1.69. The molecule has 1 aliphatic rings. The molecule has 9 N–H and O–H groups in total. The van der Waals surface area contributed by atoms with Gasteiger partial charge in [0, 0.05) is 0 Å². The Balaban J connectivity index is 3.24. The Kier molecular flexibility index (Phi) is 23.5. The molecule has 17 nitrogen and oxygen atoms in total. The average molecular weight is 759 g/mol. The second-order valence-corrected chi connectivity index (χ2v) is 14.5. The standard InChI is InChI=1S/C36H66N6O11/c1-6-15-25(30(44)34(48)38-23-28(43)51-21-7-2)39-31(45)26(18-11-13-20-37)40-33(47)29(24-16-9-8-10-17-24)42-32(46)27(19-12-14-22-52-50)41-35(49)53-36(3,4)5/h24-27,29-30,44,50H,6-23,37H2,1-5H3,(H,38,48)(H,39,45)(H,40,47)(H,41,49)(H,42,46)/t25?,26-,27-,29-,30?/m0/s1. The van der Waals surface area contributed by atoms with Gasteiger partial charge in [0.2, 0.25) is 17.7 Å². The van der Waals surface area contributed by atoms with Gasteiger partial charge in [0.15, 0.2) is 6.10 Å². The molecule has 1 fully saturated rings. The molecular weight excluding hydrogens is 692 g/mol. The van der Waals surface area contributed by atoms with Crippen molar-refractivity contribution >= 4 is 35.7 Å². The lowest BCUT2D eigenvalue weighted by Gasteiger charge is -2.33. The van der Waals surface area contributed by atoms with Crippen LogP contribution in [0.3, 0.4) is 0 Å². The molecule has 306 valence electrons. The first-order valence-electron chi connectivity index (χ1n) is 19.2. The van der Waals surface area contributed by atoms with E-state index in [0.29, 0.717) is 57.9 Å². The van der Waals surface area contributed by atoms with Gasteiger partial charge in [0.1, 0.15) is 30.3 Å². The van der Waals surface area contributed by atoms with E-state index < -0.39 is 78.1 Å². The summed E-state index contributed by atoms with van der Waals surface area (Å²) in [5, 5.41) is 32.9. The number of hydrogen-bond acceptors (Lipinski definition) is 12. The van der Waals surface area contributed by atoms with Crippen LogP contribution in [0.2, 0.25) is 0 Å². The monoisotopic (exact) mass is 758 g/mol. The number of aliphatic hydroxyl groups excluding tert-OH is 1. The molecule has 0 saturated heterocycles. The zero-order valence-corrected chi connectivity index (χ0v) is 32.3. The Labute approximate surface area is 313 Å². The summed E-state index contributed by atoms with van der Waals surface area (Å²) in [6, 6.07) is -4.23. The highest BCUT2D eigenvalue weighted by molar-refractivity contribution is 5.94. The van der Waals surface area contributed by atoms with Crippen LogP contribution < -0.4 is 32.3 Å². The molecular formula is C36H66N6O11. The molecule has 5 atom stereocenters. The molecule has 2 unspecified atom stereocenters. The maximum atomic E-state index is 14.1. The van der Waals surface area contributed by atoms with E-state index in [1.54, 1.807) is 20.8 Å². The predicted molar refractivity (Wildman–Crippen MR) is 196 cm³/mol. The predicted octanol–water partition coefficient (Wildman–Crippen LogP) is 1.93. The van der Waals surface area contributed by atoms with Crippen molar-refractivity contribution in [3.05, 3.63) is 0 Å². The van der Waals surface area contributed by atoms with E-state index in [9.17, 15) is 33.9 Å². The van der Waals surface area contributed by atoms with Crippen molar-refractivity contribution in [3.63, 3.8) is 0 Å². The number of carbonyl (C=O) groups excluding carboxylic acids is 6. The van der Waals surface area contributed by atoms with Gasteiger partial charge in [-0.25, -0.2) is 9.68 Å². The van der Waals surface area contributed by atoms with Crippen molar-refractivity contribution in [2.75, 3.05) is 26.3 Å². The summed E-state index contributed by atoms with van der Waals surface area (Å²) in [5.74, 6) is -3.58. The fourth-order valence-electron chi connectivity index (χ4n) is 5.99. The summed E-state index contributed by atoms with van der Waals surface area (Å²) in [7, 11) is 0. The molecule has 17 heteroatoms. The van der Waals surface area contributed by atoms with Gasteiger partial charge in [-0.3, -0.25) is 29.2 Å². The van der Waals surface area contributed by atoms with E-state index in [4.69, 9.17) is 20.5 Å². The van der Waals surface area contributed by atoms with Gasteiger partial charge >= 0.3 is 12.1 Å². The van der Waals surface area contributed by atoms with Gasteiger partial charge in [-0.1, -0.05) is 39.5 Å². The van der Waals surface area contributed by atoms with Crippen LogP contribution in [0.1, 0.15) is 125 Å². The number of amides is 5. The summed E-state index contributed by atoms with van der Waals surface area (Å²) >= 11 is 0. The first kappa shape index (κ1) is 47.5. The molecule has 0 aromatic rings. The number of unbranched alkanes of at least 4 members (excludes halogenated alkanes) is 2. The average Bonchev–Trinajstić information content (AvgIpc) is 3.11. The smallest absolute Gasteiger partial charge is 0.408 e. The molecule has 0 bridgehead atoms. The second kappa shape index (κ2) is 26.3. The Morgan fingerprint density at radius 1 is 0.755 bits per heavy atom. The van der Waals surface area contributed by atoms with Crippen LogP contribution in [-0.4, -0.2) is 108 Å². The lowest BCUT2D eigenvalue weighted by Crippen LogP contribution is -2.60. The van der Waals surface area contributed by atoms with Crippen molar-refractivity contribution < 1.29 is 53.5 Å². The van der Waals surface area contributed by atoms with Gasteiger partial charge in [0.25, 0.3) is 5.91 Å². The summed E-state index contributed by atoms with van der Waals surface area (Å²) in [6.45, 7) is 8.86. The highest BCUT2D eigenvalue weighted by Crippen LogP contribution is 2.27. The van der Waals surface area contributed by atoms with E-state index in [1.165, 1.54) is 0 Å². The largest absolute Gasteiger partial charge is 0.464 e. The van der Waals surface area contributed by atoms with Crippen LogP contribution in [0.25, 0.3) is 0 Å². The Morgan fingerprint density at radius 3 is 1.96 bits per heavy atom. The Hall–Kier alpha value is -3.54. The molecule has 0 aromatic carbocycles. The number of ether oxygens (including phenoxy) is 2. The highest BCUT2D eigenvalue weighted by atomic mass is 17.1. The summed E-state index contributed by atoms with van der Waals surface area (Å²) in [4.78, 5) is 83.0. The zero-order chi connectivity index (χ0) is 39.8. The Bertz CT molecular complexity index is 1130. The molecule has 0 spiro atoms. The van der Waals surface area contributed by atoms with Gasteiger partial charge in [-0.15, -0.1) is 0 Å². The molecule has 0 heterocycles. The molecule has 0 aromatic heterocycles. The third kappa shape index (κ3) is 19.9. The number of hydrogen-bond donors (Lipinski definition) is 8. The van der Waals surface area contributed by atoms with Gasteiger partial charge in [-0.2, -0.15) is 0 Å². The summed E-state index contributed by atoms with van der Waals surface area (Å²) in [6.07, 6.45) is 5.06. The Morgan fingerprint density at radius 2 is 1.38 bits per heavy atom. The van der Waals surface area contributed by atoms with E-state index >= 15 is 0 Å². The number of esters is 1. The van der Waals surface area contributed by atoms with Crippen LogP contribution >= 0.6 is 0 Å². The van der Waals surface area contributed by atoms with Gasteiger partial charge < -0.3 is 46.9 Å². The highest BCUT2D eigenvalue weighted by Gasteiger charge is 2.36. The molecule has 5 amide bonds. The van der Waals surface area contributed by atoms with Crippen molar-refractivity contribution in [3.8, 4) is 0 Å². The van der Waals surface area contributed by atoms with Crippen LogP contribution in [0.5, 0.6) is 0 Å². The molecule has 0 radical (unpaired) electrons. The van der Waals surface area contributed by atoms with Crippen molar-refractivity contribution in [2.24, 2.45) is 11.7 Å². The number of rotatable bonds is 25. The zero-order valence-electron chi connectivity index (χ0n) is 32.3. The van der Waals surface area contributed by atoms with E-state index in [1.807, 2.05) is 13.8 Å². The quantitative estimate of drug-likeness (QED) is 0.0288. The third-order valence-electron chi connectivity index (χ3n) is 8.72. The van der Waals surface area contributed by atoms with Crippen LogP contribution in [0, 0.1) is 5.92 Å². The third-order valence-corrected chi connectivity index (χ3v) is 8.72. The maximum absolute atomic E-state index is 14.1. The van der Waals surface area contributed by atoms with Gasteiger partial charge in [0.05, 0.1) is 19.3 Å². The second-order valence-electron chi connectivity index (χ2n) is 14.5. The van der Waals surface area contributed by atoms with E-state index in [0.717, 1.165) is 19.3 Å². The van der Waals surface area contributed by atoms with Crippen molar-refractivity contribution in [1.29, 1.82) is 0 Å². The number of nitrogens with two attached hydrogens (primary N) is 1. The lowest BCUT2D eigenvalue weighted by atomic mass is 9.83. The fraction of sp³-hybridized carbons (Fsp3) is 0.833. The van der Waals surface area contributed by atoms with Crippen LogP contribution in [0.15, 0.2) is 0 Å². The van der Waals surface area contributed by atoms with Gasteiger partial charge in [-0.05, 0) is 97.4 Å². The van der Waals surface area contributed by atoms with Crippen LogP contribution in [0.4, 0.5) is 4.79 Å². The molecule has 1 rings (SSSR count). The summed E-state index contributed by atoms with van der Waals surface area (Å²) in [5.41, 5.74) is 4.89. The molecule has 1 aliphatic carbocycles. The van der Waals surface area contributed by atoms with E-state index in [-0.39, 0.29) is 38.4 Å². The SMILES string of the molecule is CCCOC(=O)CNC(=O)C(O)C(CCC)NC(=O)[C@H](CCCCN)NC(=O)[C@@H](NC(=O)[C@H](CCCCOO)NC(=O)OC(C)(C)C)C1CCCCC1. The van der Waals surface area contributed by atoms with Crippen LogP contribution in [-0.2, 0) is 38.3 Å². The minimum Gasteiger partial charge on any atom is -0.464 e. The lowest BCUT2D eigenvalue weighted by molar-refractivity contribution is -0.242. The first-order valence-corrected chi connectivity index (χ1v) is 19.2. The molecule has 1 saturated carbocycles. The maximum Gasteiger partial charge on any atom is 0.408 e. The van der Waals surface area contributed by atoms with E-state index in [2.05, 4.69) is 31.5 Å². The van der Waals surface area contributed by atoms with Crippen molar-refractivity contribution in [2.45, 2.75) is 160 Å². The number of carbonyl (C=O) groups is 6. The minimum absolute atomic E-state index is 0.0377. The normalized spacial score (nSPS) is 16.2. The van der Waals surface area contributed by atoms with Crippen molar-refractivity contribution in [1.82, 2.24) is 26.6 Å². The number of nitrogens with one attached hydrogen (secondary N) is 5. The number of aliphatic hydroxyl groups is 1. The molecule has 0 aliphatic heterocycles.